The van der Waals surface area contributed by atoms with E-state index >= 15 is 0 Å². The Morgan fingerprint density at radius 3 is 2.52 bits per heavy atom. The van der Waals surface area contributed by atoms with E-state index in [2.05, 4.69) is 55.1 Å². The summed E-state index contributed by atoms with van der Waals surface area (Å²) in [5.41, 5.74) is 0.823. The van der Waals surface area contributed by atoms with Crippen molar-refractivity contribution < 1.29 is 9.59 Å². The number of hydrogen-bond acceptors (Lipinski definition) is 4. The minimum Gasteiger partial charge on any atom is -0.357 e. The summed E-state index contributed by atoms with van der Waals surface area (Å²) in [6, 6.07) is 3.94. The third-order valence-electron chi connectivity index (χ3n) is 4.94. The Hall–Kier alpha value is -2.11. The molecule has 1 aromatic heterocycles. The molecule has 1 fully saturated rings. The molecule has 6 nitrogen and oxygen atoms in total. The van der Waals surface area contributed by atoms with Crippen LogP contribution in [-0.2, 0) is 16.1 Å². The summed E-state index contributed by atoms with van der Waals surface area (Å²) in [5.74, 6) is -0.0655. The van der Waals surface area contributed by atoms with Crippen LogP contribution in [0.15, 0.2) is 18.3 Å². The standard InChI is InChI=1S/C19H30N4O2/c1-6-23(7-2)15-9-8-13(10-20-15)11-21-17(24)16-14(19(3,4)5)12-22-18(16)25/h8-10,14,16H,6-7,11-12H2,1-5H3,(H,21,24)(H,22,25)/t14-,16-/m0/s1. The van der Waals surface area contributed by atoms with E-state index in [0.717, 1.165) is 24.5 Å². The molecule has 0 spiro atoms. The number of aromatic nitrogens is 1. The fourth-order valence-corrected chi connectivity index (χ4v) is 3.28. The van der Waals surface area contributed by atoms with Gasteiger partial charge in [0.1, 0.15) is 11.7 Å². The fraction of sp³-hybridized carbons (Fsp3) is 0.632. The van der Waals surface area contributed by atoms with E-state index in [1.807, 2.05) is 12.1 Å². The predicted molar refractivity (Wildman–Crippen MR) is 99.1 cm³/mol. The Morgan fingerprint density at radius 1 is 1.32 bits per heavy atom. The lowest BCUT2D eigenvalue weighted by Crippen LogP contribution is -2.40. The van der Waals surface area contributed by atoms with Crippen LogP contribution in [0.25, 0.3) is 0 Å². The first-order valence-electron chi connectivity index (χ1n) is 9.03. The van der Waals surface area contributed by atoms with Crippen LogP contribution in [0, 0.1) is 17.3 Å². The van der Waals surface area contributed by atoms with Gasteiger partial charge in [-0.1, -0.05) is 26.8 Å². The molecule has 25 heavy (non-hydrogen) atoms. The van der Waals surface area contributed by atoms with Crippen LogP contribution < -0.4 is 15.5 Å². The number of rotatable bonds is 6. The maximum atomic E-state index is 12.6. The smallest absolute Gasteiger partial charge is 0.233 e. The van der Waals surface area contributed by atoms with Crippen molar-refractivity contribution in [2.24, 2.45) is 17.3 Å². The van der Waals surface area contributed by atoms with Gasteiger partial charge in [-0.25, -0.2) is 4.98 Å². The number of nitrogens with zero attached hydrogens (tertiary/aromatic N) is 2. The number of carbonyl (C=O) groups is 2. The molecule has 138 valence electrons. The van der Waals surface area contributed by atoms with Crippen molar-refractivity contribution in [3.8, 4) is 0 Å². The normalized spacial score (nSPS) is 20.3. The third kappa shape index (κ3) is 4.50. The number of nitrogens with one attached hydrogen (secondary N) is 2. The summed E-state index contributed by atoms with van der Waals surface area (Å²) in [6.45, 7) is 13.1. The van der Waals surface area contributed by atoms with Gasteiger partial charge in [0.05, 0.1) is 0 Å². The maximum absolute atomic E-state index is 12.6. The average Bonchev–Trinajstić information content (AvgIpc) is 2.97. The van der Waals surface area contributed by atoms with Gasteiger partial charge in [-0.2, -0.15) is 0 Å². The first-order chi connectivity index (χ1) is 11.8. The van der Waals surface area contributed by atoms with Gasteiger partial charge in [-0.05, 0) is 30.9 Å². The Morgan fingerprint density at radius 2 is 2.00 bits per heavy atom. The molecule has 0 bridgehead atoms. The molecule has 1 aliphatic heterocycles. The van der Waals surface area contributed by atoms with Gasteiger partial charge in [0, 0.05) is 38.3 Å². The molecule has 0 aromatic carbocycles. The van der Waals surface area contributed by atoms with Crippen molar-refractivity contribution in [2.45, 2.75) is 41.2 Å². The van der Waals surface area contributed by atoms with Crippen LogP contribution in [0.3, 0.4) is 0 Å². The number of pyridine rings is 1. The van der Waals surface area contributed by atoms with Crippen LogP contribution >= 0.6 is 0 Å². The van der Waals surface area contributed by atoms with Gasteiger partial charge in [-0.15, -0.1) is 0 Å². The molecule has 1 saturated heterocycles. The molecular formula is C19H30N4O2. The molecule has 1 aromatic rings. The summed E-state index contributed by atoms with van der Waals surface area (Å²) < 4.78 is 0. The molecule has 2 atom stereocenters. The zero-order valence-corrected chi connectivity index (χ0v) is 15.9. The Labute approximate surface area is 150 Å². The highest BCUT2D eigenvalue weighted by molar-refractivity contribution is 6.02. The van der Waals surface area contributed by atoms with Crippen LogP contribution in [0.1, 0.15) is 40.2 Å². The predicted octanol–water partition coefficient (Wildman–Crippen LogP) is 1.95. The summed E-state index contributed by atoms with van der Waals surface area (Å²) in [4.78, 5) is 31.3. The number of carbonyl (C=O) groups excluding carboxylic acids is 2. The van der Waals surface area contributed by atoms with E-state index in [1.165, 1.54) is 0 Å². The van der Waals surface area contributed by atoms with Crippen LogP contribution in [0.5, 0.6) is 0 Å². The summed E-state index contributed by atoms with van der Waals surface area (Å²) >= 11 is 0. The van der Waals surface area contributed by atoms with Crippen LogP contribution in [0.4, 0.5) is 5.82 Å². The SMILES string of the molecule is CCN(CC)c1ccc(CNC(=O)[C@H]2C(=O)NC[C@@H]2C(C)(C)C)cn1. The van der Waals surface area contributed by atoms with Crippen molar-refractivity contribution in [1.82, 2.24) is 15.6 Å². The second-order valence-corrected chi connectivity index (χ2v) is 7.61. The number of anilines is 1. The zero-order valence-electron chi connectivity index (χ0n) is 15.9. The first-order valence-corrected chi connectivity index (χ1v) is 9.03. The van der Waals surface area contributed by atoms with Gasteiger partial charge in [0.2, 0.25) is 11.8 Å². The first kappa shape index (κ1) is 19.2. The molecule has 6 heteroatoms. The van der Waals surface area contributed by atoms with Gasteiger partial charge in [0.25, 0.3) is 0 Å². The molecule has 2 N–H and O–H groups in total. The van der Waals surface area contributed by atoms with Gasteiger partial charge in [-0.3, -0.25) is 9.59 Å². The van der Waals surface area contributed by atoms with Crippen molar-refractivity contribution in [2.75, 3.05) is 24.5 Å². The van der Waals surface area contributed by atoms with Gasteiger partial charge in [0.15, 0.2) is 0 Å². The van der Waals surface area contributed by atoms with E-state index in [-0.39, 0.29) is 23.1 Å². The Bertz CT molecular complexity index is 603. The van der Waals surface area contributed by atoms with E-state index < -0.39 is 5.92 Å². The monoisotopic (exact) mass is 346 g/mol. The van der Waals surface area contributed by atoms with E-state index in [0.29, 0.717) is 13.1 Å². The average molecular weight is 346 g/mol. The molecule has 0 saturated carbocycles. The lowest BCUT2D eigenvalue weighted by Gasteiger charge is -2.29. The second kappa shape index (κ2) is 7.85. The zero-order chi connectivity index (χ0) is 18.6. The highest BCUT2D eigenvalue weighted by atomic mass is 16.2. The minimum atomic E-state index is -0.622. The topological polar surface area (TPSA) is 74.3 Å². The quantitative estimate of drug-likeness (QED) is 0.772. The summed E-state index contributed by atoms with van der Waals surface area (Å²) in [5, 5.41) is 5.72. The molecule has 0 unspecified atom stereocenters. The maximum Gasteiger partial charge on any atom is 0.233 e. The Kier molecular flexibility index (Phi) is 6.03. The van der Waals surface area contributed by atoms with E-state index in [4.69, 9.17) is 0 Å². The lowest BCUT2D eigenvalue weighted by molar-refractivity contribution is -0.135. The lowest BCUT2D eigenvalue weighted by atomic mass is 9.74. The Balaban J connectivity index is 1.98. The highest BCUT2D eigenvalue weighted by Gasteiger charge is 2.45. The van der Waals surface area contributed by atoms with Crippen molar-refractivity contribution in [3.63, 3.8) is 0 Å². The molecule has 2 heterocycles. The fourth-order valence-electron chi connectivity index (χ4n) is 3.28. The van der Waals surface area contributed by atoms with Crippen LogP contribution in [0.2, 0.25) is 0 Å². The van der Waals surface area contributed by atoms with Crippen molar-refractivity contribution >= 4 is 17.6 Å². The molecular weight excluding hydrogens is 316 g/mol. The van der Waals surface area contributed by atoms with Crippen molar-refractivity contribution in [1.29, 1.82) is 0 Å². The highest BCUT2D eigenvalue weighted by Crippen LogP contribution is 2.35. The minimum absolute atomic E-state index is 0.00293. The van der Waals surface area contributed by atoms with Crippen LogP contribution in [-0.4, -0.2) is 36.4 Å². The molecule has 1 aliphatic rings. The molecule has 0 aliphatic carbocycles. The summed E-state index contributed by atoms with van der Waals surface area (Å²) in [7, 11) is 0. The molecule has 2 rings (SSSR count). The second-order valence-electron chi connectivity index (χ2n) is 7.61. The van der Waals surface area contributed by atoms with Gasteiger partial charge >= 0.3 is 0 Å². The molecule has 2 amide bonds. The van der Waals surface area contributed by atoms with E-state index in [9.17, 15) is 9.59 Å². The summed E-state index contributed by atoms with van der Waals surface area (Å²) in [6.07, 6.45) is 1.78. The van der Waals surface area contributed by atoms with E-state index in [1.54, 1.807) is 6.20 Å². The molecule has 0 radical (unpaired) electrons. The number of amides is 2. The number of hydrogen-bond donors (Lipinski definition) is 2. The van der Waals surface area contributed by atoms with Gasteiger partial charge < -0.3 is 15.5 Å². The largest absolute Gasteiger partial charge is 0.357 e. The van der Waals surface area contributed by atoms with Crippen molar-refractivity contribution in [3.05, 3.63) is 23.9 Å². The third-order valence-corrected chi connectivity index (χ3v) is 4.94.